The molecule has 40 heavy (non-hydrogen) atoms. The molecular formula is C29H23F3N2O6. The summed E-state index contributed by atoms with van der Waals surface area (Å²) in [4.78, 5) is 37.0. The van der Waals surface area contributed by atoms with Gasteiger partial charge in [0.15, 0.2) is 24.7 Å². The number of benzene rings is 4. The maximum absolute atomic E-state index is 13.1. The van der Waals surface area contributed by atoms with Crippen molar-refractivity contribution in [1.29, 1.82) is 0 Å². The predicted molar refractivity (Wildman–Crippen MR) is 141 cm³/mol. The SMILES string of the molecule is COc1cc(C(=O)OCC(=O)Nc2ccc3ccccc3c2)ccc1OCC(=O)Nc1ccccc1C(F)(F)F. The highest BCUT2D eigenvalue weighted by atomic mass is 19.4. The van der Waals surface area contributed by atoms with E-state index in [0.29, 0.717) is 5.69 Å². The second-order valence-electron chi connectivity index (χ2n) is 8.43. The zero-order valence-corrected chi connectivity index (χ0v) is 21.1. The Morgan fingerprint density at radius 3 is 2.20 bits per heavy atom. The molecule has 4 aromatic carbocycles. The molecule has 0 radical (unpaired) electrons. The molecule has 0 saturated carbocycles. The lowest BCUT2D eigenvalue weighted by atomic mass is 10.1. The van der Waals surface area contributed by atoms with Crippen LogP contribution in [-0.2, 0) is 20.5 Å². The number of rotatable bonds is 9. The first-order valence-corrected chi connectivity index (χ1v) is 11.9. The van der Waals surface area contributed by atoms with Crippen LogP contribution < -0.4 is 20.1 Å². The van der Waals surface area contributed by atoms with E-state index in [0.717, 1.165) is 22.9 Å². The number of ether oxygens (including phenoxy) is 3. The van der Waals surface area contributed by atoms with E-state index in [1.165, 1.54) is 37.4 Å². The van der Waals surface area contributed by atoms with Crippen molar-refractivity contribution < 1.29 is 41.8 Å². The fourth-order valence-corrected chi connectivity index (χ4v) is 3.76. The Morgan fingerprint density at radius 1 is 0.750 bits per heavy atom. The van der Waals surface area contributed by atoms with Crippen LogP contribution in [0.3, 0.4) is 0 Å². The summed E-state index contributed by atoms with van der Waals surface area (Å²) in [6.45, 7) is -1.16. The van der Waals surface area contributed by atoms with Gasteiger partial charge in [-0.05, 0) is 53.2 Å². The van der Waals surface area contributed by atoms with Gasteiger partial charge in [0.1, 0.15) is 0 Å². The highest BCUT2D eigenvalue weighted by molar-refractivity contribution is 5.97. The van der Waals surface area contributed by atoms with Crippen molar-refractivity contribution >= 4 is 39.9 Å². The van der Waals surface area contributed by atoms with Crippen LogP contribution in [0.15, 0.2) is 84.9 Å². The number of para-hydroxylation sites is 1. The third kappa shape index (κ3) is 7.07. The first kappa shape index (κ1) is 28.0. The van der Waals surface area contributed by atoms with E-state index in [-0.39, 0.29) is 17.1 Å². The van der Waals surface area contributed by atoms with Crippen LogP contribution in [0.5, 0.6) is 11.5 Å². The Morgan fingerprint density at radius 2 is 1.45 bits per heavy atom. The molecule has 0 fully saturated rings. The predicted octanol–water partition coefficient (Wildman–Crippen LogP) is 5.68. The summed E-state index contributed by atoms with van der Waals surface area (Å²) >= 11 is 0. The summed E-state index contributed by atoms with van der Waals surface area (Å²) in [5, 5.41) is 6.79. The van der Waals surface area contributed by atoms with Crippen molar-refractivity contribution in [2.45, 2.75) is 6.18 Å². The number of carbonyl (C=O) groups excluding carboxylic acids is 3. The van der Waals surface area contributed by atoms with Gasteiger partial charge in [-0.25, -0.2) is 4.79 Å². The maximum Gasteiger partial charge on any atom is 0.418 e. The first-order valence-electron chi connectivity index (χ1n) is 11.9. The number of anilines is 2. The van der Waals surface area contributed by atoms with Gasteiger partial charge in [-0.2, -0.15) is 13.2 Å². The third-order valence-electron chi connectivity index (χ3n) is 5.63. The second kappa shape index (κ2) is 12.2. The van der Waals surface area contributed by atoms with E-state index in [4.69, 9.17) is 14.2 Å². The summed E-state index contributed by atoms with van der Waals surface area (Å²) < 4.78 is 55.1. The summed E-state index contributed by atoms with van der Waals surface area (Å²) in [6.07, 6.45) is -4.64. The Kier molecular flexibility index (Phi) is 8.53. The molecule has 4 aromatic rings. The molecular weight excluding hydrogens is 529 g/mol. The van der Waals surface area contributed by atoms with E-state index < -0.39 is 48.4 Å². The summed E-state index contributed by atoms with van der Waals surface area (Å²) in [7, 11) is 1.30. The van der Waals surface area contributed by atoms with Crippen molar-refractivity contribution in [3.63, 3.8) is 0 Å². The highest BCUT2D eigenvalue weighted by Crippen LogP contribution is 2.34. The maximum atomic E-state index is 13.1. The molecule has 0 spiro atoms. The molecule has 0 aliphatic carbocycles. The molecule has 0 unspecified atom stereocenters. The van der Waals surface area contributed by atoms with Gasteiger partial charge < -0.3 is 24.8 Å². The van der Waals surface area contributed by atoms with E-state index in [9.17, 15) is 27.6 Å². The fourth-order valence-electron chi connectivity index (χ4n) is 3.76. The highest BCUT2D eigenvalue weighted by Gasteiger charge is 2.33. The third-order valence-corrected chi connectivity index (χ3v) is 5.63. The van der Waals surface area contributed by atoms with Crippen molar-refractivity contribution in [2.24, 2.45) is 0 Å². The van der Waals surface area contributed by atoms with Crippen LogP contribution in [0, 0.1) is 0 Å². The molecule has 2 amide bonds. The van der Waals surface area contributed by atoms with Gasteiger partial charge in [0.05, 0.1) is 23.9 Å². The first-order chi connectivity index (χ1) is 19.1. The van der Waals surface area contributed by atoms with E-state index in [1.807, 2.05) is 30.3 Å². The van der Waals surface area contributed by atoms with E-state index >= 15 is 0 Å². The average molecular weight is 553 g/mol. The van der Waals surface area contributed by atoms with Crippen LogP contribution in [0.2, 0.25) is 0 Å². The van der Waals surface area contributed by atoms with Crippen LogP contribution in [0.1, 0.15) is 15.9 Å². The average Bonchev–Trinajstić information content (AvgIpc) is 2.94. The zero-order valence-electron chi connectivity index (χ0n) is 21.1. The number of fused-ring (bicyclic) bond motifs is 1. The van der Waals surface area contributed by atoms with E-state index in [1.54, 1.807) is 12.1 Å². The number of carbonyl (C=O) groups is 3. The molecule has 0 aliphatic rings. The number of amides is 2. The summed E-state index contributed by atoms with van der Waals surface area (Å²) in [5.74, 6) is -2.04. The quantitative estimate of drug-likeness (QED) is 0.259. The van der Waals surface area contributed by atoms with Gasteiger partial charge in [-0.3, -0.25) is 9.59 Å². The van der Waals surface area contributed by atoms with Gasteiger partial charge in [0, 0.05) is 5.69 Å². The minimum Gasteiger partial charge on any atom is -0.493 e. The van der Waals surface area contributed by atoms with Crippen molar-refractivity contribution in [2.75, 3.05) is 31.0 Å². The molecule has 8 nitrogen and oxygen atoms in total. The molecule has 0 bridgehead atoms. The lowest BCUT2D eigenvalue weighted by Gasteiger charge is -2.15. The van der Waals surface area contributed by atoms with Crippen LogP contribution >= 0.6 is 0 Å². The van der Waals surface area contributed by atoms with Crippen molar-refractivity contribution in [3.8, 4) is 11.5 Å². The largest absolute Gasteiger partial charge is 0.493 e. The monoisotopic (exact) mass is 552 g/mol. The smallest absolute Gasteiger partial charge is 0.418 e. The normalized spacial score (nSPS) is 11.0. The number of methoxy groups -OCH3 is 1. The number of esters is 1. The Bertz CT molecular complexity index is 1550. The summed E-state index contributed by atoms with van der Waals surface area (Å²) in [6, 6.07) is 21.5. The van der Waals surface area contributed by atoms with Gasteiger partial charge in [0.2, 0.25) is 0 Å². The molecule has 0 saturated heterocycles. The molecule has 206 valence electrons. The number of halogens is 3. The van der Waals surface area contributed by atoms with Gasteiger partial charge >= 0.3 is 12.1 Å². The van der Waals surface area contributed by atoms with Crippen LogP contribution in [0.25, 0.3) is 10.8 Å². The Balaban J connectivity index is 1.31. The zero-order chi connectivity index (χ0) is 28.7. The minimum absolute atomic E-state index is 0.0475. The molecule has 4 rings (SSSR count). The fraction of sp³-hybridized carbons (Fsp3) is 0.138. The lowest BCUT2D eigenvalue weighted by Crippen LogP contribution is -2.22. The van der Waals surface area contributed by atoms with Gasteiger partial charge in [0.25, 0.3) is 11.8 Å². The number of alkyl halides is 3. The second-order valence-corrected chi connectivity index (χ2v) is 8.43. The molecule has 0 atom stereocenters. The molecule has 0 aromatic heterocycles. The Hall–Kier alpha value is -5.06. The van der Waals surface area contributed by atoms with E-state index in [2.05, 4.69) is 10.6 Å². The lowest BCUT2D eigenvalue weighted by molar-refractivity contribution is -0.137. The summed E-state index contributed by atoms with van der Waals surface area (Å²) in [5.41, 5.74) is -0.798. The van der Waals surface area contributed by atoms with Crippen LogP contribution in [0.4, 0.5) is 24.5 Å². The number of hydrogen-bond acceptors (Lipinski definition) is 6. The Labute approximate surface area is 226 Å². The minimum atomic E-state index is -4.64. The van der Waals surface area contributed by atoms with Gasteiger partial charge in [-0.15, -0.1) is 0 Å². The topological polar surface area (TPSA) is 103 Å². The molecule has 11 heteroatoms. The number of nitrogens with one attached hydrogen (secondary N) is 2. The van der Waals surface area contributed by atoms with Crippen LogP contribution in [-0.4, -0.2) is 38.1 Å². The van der Waals surface area contributed by atoms with Crippen molar-refractivity contribution in [3.05, 3.63) is 96.1 Å². The molecule has 0 heterocycles. The number of hydrogen-bond donors (Lipinski definition) is 2. The van der Waals surface area contributed by atoms with Gasteiger partial charge in [-0.1, -0.05) is 42.5 Å². The molecule has 2 N–H and O–H groups in total. The van der Waals surface area contributed by atoms with Crippen molar-refractivity contribution in [1.82, 2.24) is 0 Å². The standard InChI is InChI=1S/C29H23F3N2O6/c1-38-25-15-20(28(37)40-17-26(35)33-21-12-10-18-6-2-3-7-19(18)14-21)11-13-24(25)39-16-27(36)34-23-9-5-4-8-22(23)29(30,31)32/h2-15H,16-17H2,1H3,(H,33,35)(H,34,36). The molecule has 0 aliphatic heterocycles.